The standard InChI is InChI=1S/C19H35NO6/c1-3-4-5-6-7-8-9-10-11-12-25-19-16(20-14(2)22)18(24)17(23)15(13-21)26-19/h3,15-19,21,23-24H,1,4-13H2,2H3,(H,20,22)/t15-,16-,17-,18-,19-/m1/s1. The number of hydrogen-bond donors (Lipinski definition) is 4. The van der Waals surface area contributed by atoms with Crippen molar-refractivity contribution in [2.24, 2.45) is 0 Å². The first-order valence-electron chi connectivity index (χ1n) is 9.63. The Morgan fingerprint density at radius 2 is 1.73 bits per heavy atom. The first-order valence-corrected chi connectivity index (χ1v) is 9.63. The Kier molecular flexibility index (Phi) is 11.7. The van der Waals surface area contributed by atoms with Gasteiger partial charge in [-0.3, -0.25) is 4.79 Å². The van der Waals surface area contributed by atoms with Crippen LogP contribution >= 0.6 is 0 Å². The van der Waals surface area contributed by atoms with Crippen LogP contribution in [-0.2, 0) is 14.3 Å². The summed E-state index contributed by atoms with van der Waals surface area (Å²) in [6.45, 7) is 5.03. The number of aliphatic hydroxyl groups excluding tert-OH is 3. The molecule has 26 heavy (non-hydrogen) atoms. The minimum Gasteiger partial charge on any atom is -0.394 e. The third-order valence-corrected chi connectivity index (χ3v) is 4.59. The van der Waals surface area contributed by atoms with Gasteiger partial charge in [0.1, 0.15) is 24.4 Å². The van der Waals surface area contributed by atoms with Crippen molar-refractivity contribution in [3.8, 4) is 0 Å². The highest BCUT2D eigenvalue weighted by atomic mass is 16.7. The average molecular weight is 373 g/mol. The zero-order valence-corrected chi connectivity index (χ0v) is 15.8. The number of hydrogen-bond acceptors (Lipinski definition) is 6. The van der Waals surface area contributed by atoms with E-state index in [0.717, 1.165) is 25.7 Å². The number of carbonyl (C=O) groups excluding carboxylic acids is 1. The summed E-state index contributed by atoms with van der Waals surface area (Å²) in [5, 5.41) is 31.9. The molecule has 7 heteroatoms. The van der Waals surface area contributed by atoms with E-state index in [-0.39, 0.29) is 5.91 Å². The van der Waals surface area contributed by atoms with Crippen molar-refractivity contribution < 1.29 is 29.6 Å². The third-order valence-electron chi connectivity index (χ3n) is 4.59. The number of ether oxygens (including phenoxy) is 2. The Balaban J connectivity index is 2.28. The lowest BCUT2D eigenvalue weighted by molar-refractivity contribution is -0.270. The van der Waals surface area contributed by atoms with Gasteiger partial charge < -0.3 is 30.1 Å². The van der Waals surface area contributed by atoms with Gasteiger partial charge in [0.15, 0.2) is 6.29 Å². The Hall–Kier alpha value is -0.990. The summed E-state index contributed by atoms with van der Waals surface area (Å²) >= 11 is 0. The summed E-state index contributed by atoms with van der Waals surface area (Å²) in [6.07, 6.45) is 6.56. The van der Waals surface area contributed by atoms with E-state index in [1.807, 2.05) is 6.08 Å². The van der Waals surface area contributed by atoms with Gasteiger partial charge in [0, 0.05) is 13.5 Å². The highest BCUT2D eigenvalue weighted by molar-refractivity contribution is 5.73. The van der Waals surface area contributed by atoms with E-state index < -0.39 is 37.3 Å². The van der Waals surface area contributed by atoms with Gasteiger partial charge in [-0.25, -0.2) is 0 Å². The van der Waals surface area contributed by atoms with Crippen LogP contribution in [0.25, 0.3) is 0 Å². The Morgan fingerprint density at radius 1 is 1.12 bits per heavy atom. The van der Waals surface area contributed by atoms with E-state index in [1.165, 1.54) is 32.6 Å². The first kappa shape index (κ1) is 23.0. The average Bonchev–Trinajstić information content (AvgIpc) is 2.62. The van der Waals surface area contributed by atoms with Gasteiger partial charge in [-0.15, -0.1) is 6.58 Å². The molecule has 0 aromatic carbocycles. The van der Waals surface area contributed by atoms with Crippen LogP contribution in [0.5, 0.6) is 0 Å². The Bertz CT molecular complexity index is 405. The number of rotatable bonds is 13. The number of allylic oxidation sites excluding steroid dienone is 1. The molecule has 1 aliphatic rings. The zero-order valence-electron chi connectivity index (χ0n) is 15.8. The maximum Gasteiger partial charge on any atom is 0.217 e. The van der Waals surface area contributed by atoms with Crippen molar-refractivity contribution in [2.75, 3.05) is 13.2 Å². The summed E-state index contributed by atoms with van der Waals surface area (Å²) in [4.78, 5) is 11.3. The van der Waals surface area contributed by atoms with Crippen LogP contribution in [-0.4, -0.2) is 65.1 Å². The maximum atomic E-state index is 11.3. The molecule has 1 saturated heterocycles. The fraction of sp³-hybridized carbons (Fsp3) is 0.842. The van der Waals surface area contributed by atoms with Gasteiger partial charge in [-0.1, -0.05) is 38.2 Å². The topological polar surface area (TPSA) is 108 Å². The summed E-state index contributed by atoms with van der Waals surface area (Å²) < 4.78 is 11.2. The maximum absolute atomic E-state index is 11.3. The largest absolute Gasteiger partial charge is 0.394 e. The van der Waals surface area contributed by atoms with E-state index in [4.69, 9.17) is 9.47 Å². The molecule has 152 valence electrons. The van der Waals surface area contributed by atoms with Crippen molar-refractivity contribution in [1.82, 2.24) is 5.32 Å². The second-order valence-corrected chi connectivity index (χ2v) is 6.86. The third kappa shape index (κ3) is 8.14. The number of aliphatic hydroxyl groups is 3. The number of nitrogens with one attached hydrogen (secondary N) is 1. The molecule has 0 bridgehead atoms. The molecule has 7 nitrogen and oxygen atoms in total. The molecular weight excluding hydrogens is 338 g/mol. The van der Waals surface area contributed by atoms with Crippen molar-refractivity contribution >= 4 is 5.91 Å². The lowest BCUT2D eigenvalue weighted by Gasteiger charge is -2.42. The van der Waals surface area contributed by atoms with E-state index in [1.54, 1.807) is 0 Å². The normalized spacial score (nSPS) is 28.7. The van der Waals surface area contributed by atoms with Gasteiger partial charge in [0.2, 0.25) is 5.91 Å². The van der Waals surface area contributed by atoms with Crippen LogP contribution in [0.15, 0.2) is 12.7 Å². The Labute approximate surface area is 156 Å². The van der Waals surface area contributed by atoms with Gasteiger partial charge >= 0.3 is 0 Å². The second kappa shape index (κ2) is 13.2. The minimum atomic E-state index is -1.28. The van der Waals surface area contributed by atoms with Crippen LogP contribution in [0.1, 0.15) is 58.3 Å². The van der Waals surface area contributed by atoms with E-state index >= 15 is 0 Å². The Morgan fingerprint density at radius 3 is 2.31 bits per heavy atom. The summed E-state index contributed by atoms with van der Waals surface area (Å²) in [7, 11) is 0. The highest BCUT2D eigenvalue weighted by Crippen LogP contribution is 2.22. The van der Waals surface area contributed by atoms with E-state index in [9.17, 15) is 20.1 Å². The van der Waals surface area contributed by atoms with Crippen molar-refractivity contribution in [3.63, 3.8) is 0 Å². The quantitative estimate of drug-likeness (QED) is 0.286. The van der Waals surface area contributed by atoms with Gasteiger partial charge in [-0.05, 0) is 19.3 Å². The van der Waals surface area contributed by atoms with Gasteiger partial charge in [0.05, 0.1) is 6.61 Å². The van der Waals surface area contributed by atoms with Gasteiger partial charge in [-0.2, -0.15) is 0 Å². The molecule has 0 spiro atoms. The molecule has 1 fully saturated rings. The second-order valence-electron chi connectivity index (χ2n) is 6.86. The van der Waals surface area contributed by atoms with Gasteiger partial charge in [0.25, 0.3) is 0 Å². The monoisotopic (exact) mass is 373 g/mol. The molecular formula is C19H35NO6. The van der Waals surface area contributed by atoms with Crippen LogP contribution in [0.2, 0.25) is 0 Å². The number of carbonyl (C=O) groups is 1. The molecule has 4 N–H and O–H groups in total. The van der Waals surface area contributed by atoms with Crippen molar-refractivity contribution in [2.45, 2.75) is 88.9 Å². The lowest BCUT2D eigenvalue weighted by atomic mass is 9.97. The molecule has 0 aromatic rings. The molecule has 0 aromatic heterocycles. The smallest absolute Gasteiger partial charge is 0.217 e. The van der Waals surface area contributed by atoms with E-state index in [0.29, 0.717) is 6.61 Å². The summed E-state index contributed by atoms with van der Waals surface area (Å²) in [6, 6.07) is -0.866. The summed E-state index contributed by atoms with van der Waals surface area (Å²) in [5.41, 5.74) is 0. The molecule has 1 rings (SSSR count). The molecule has 1 amide bonds. The molecule has 0 aliphatic carbocycles. The lowest BCUT2D eigenvalue weighted by Crippen LogP contribution is -2.64. The molecule has 0 saturated carbocycles. The van der Waals surface area contributed by atoms with Crippen LogP contribution < -0.4 is 5.32 Å². The molecule has 0 unspecified atom stereocenters. The molecule has 1 heterocycles. The van der Waals surface area contributed by atoms with E-state index in [2.05, 4.69) is 11.9 Å². The zero-order chi connectivity index (χ0) is 19.4. The van der Waals surface area contributed by atoms with Crippen LogP contribution in [0.4, 0.5) is 0 Å². The number of unbranched alkanes of at least 4 members (excludes halogenated alkanes) is 7. The predicted octanol–water partition coefficient (Wildman–Crippen LogP) is 1.25. The molecule has 5 atom stereocenters. The number of amides is 1. The predicted molar refractivity (Wildman–Crippen MR) is 98.5 cm³/mol. The molecule has 1 aliphatic heterocycles. The SMILES string of the molecule is C=CCCCCCCCCCO[C@@H]1O[C@H](CO)[C@@H](O)[C@H](O)[C@H]1NC(C)=O. The van der Waals surface area contributed by atoms with Crippen LogP contribution in [0.3, 0.4) is 0 Å². The van der Waals surface area contributed by atoms with Crippen LogP contribution in [0, 0.1) is 0 Å². The minimum absolute atomic E-state index is 0.350. The fourth-order valence-corrected chi connectivity index (χ4v) is 3.09. The van der Waals surface area contributed by atoms with Crippen molar-refractivity contribution in [3.05, 3.63) is 12.7 Å². The first-order chi connectivity index (χ1) is 12.5. The molecule has 0 radical (unpaired) electrons. The fourth-order valence-electron chi connectivity index (χ4n) is 3.09. The highest BCUT2D eigenvalue weighted by Gasteiger charge is 2.45. The van der Waals surface area contributed by atoms with Crippen molar-refractivity contribution in [1.29, 1.82) is 0 Å². The summed E-state index contributed by atoms with van der Waals surface area (Å²) in [5.74, 6) is -0.350.